The van der Waals surface area contributed by atoms with Gasteiger partial charge in [0.05, 0.1) is 0 Å². The maximum atomic E-state index is 12.2. The van der Waals surface area contributed by atoms with Crippen LogP contribution in [0.25, 0.3) is 0 Å². The van der Waals surface area contributed by atoms with Gasteiger partial charge in [0.2, 0.25) is 0 Å². The van der Waals surface area contributed by atoms with Gasteiger partial charge in [-0.15, -0.1) is 26.3 Å². The number of hydrogen-bond acceptors (Lipinski definition) is 3. The first-order valence-corrected chi connectivity index (χ1v) is 5.19. The van der Waals surface area contributed by atoms with Gasteiger partial charge >= 0.3 is 12.7 Å². The summed E-state index contributed by atoms with van der Waals surface area (Å²) in [4.78, 5) is 10.2. The van der Waals surface area contributed by atoms with Crippen molar-refractivity contribution in [2.24, 2.45) is 0 Å². The topological polar surface area (TPSA) is 35.5 Å². The minimum Gasteiger partial charge on any atom is -0.406 e. The highest BCUT2D eigenvalue weighted by atomic mass is 19.4. The minimum atomic E-state index is -5.06. The predicted octanol–water partition coefficient (Wildman–Crippen LogP) is 3.62. The SMILES string of the molecule is O=CCCc1ccc(OC(F)(F)F)cc1OC(F)(F)F. The van der Waals surface area contributed by atoms with Gasteiger partial charge in [0.25, 0.3) is 0 Å². The summed E-state index contributed by atoms with van der Waals surface area (Å²) in [5.74, 6) is -1.67. The quantitative estimate of drug-likeness (QED) is 0.615. The Morgan fingerprint density at radius 1 is 1.00 bits per heavy atom. The van der Waals surface area contributed by atoms with Crippen molar-refractivity contribution in [1.82, 2.24) is 0 Å². The third kappa shape index (κ3) is 5.81. The van der Waals surface area contributed by atoms with Gasteiger partial charge in [-0.2, -0.15) is 0 Å². The molecule has 9 heteroatoms. The highest BCUT2D eigenvalue weighted by Crippen LogP contribution is 2.33. The summed E-state index contributed by atoms with van der Waals surface area (Å²) in [5.41, 5.74) is -0.0519. The smallest absolute Gasteiger partial charge is 0.406 e. The van der Waals surface area contributed by atoms with Crippen LogP contribution in [0.15, 0.2) is 18.2 Å². The minimum absolute atomic E-state index is 0.0519. The third-order valence-corrected chi connectivity index (χ3v) is 2.03. The molecule has 0 N–H and O–H groups in total. The average Bonchev–Trinajstić information content (AvgIpc) is 2.23. The summed E-state index contributed by atoms with van der Waals surface area (Å²) in [6.45, 7) is 0. The molecule has 0 spiro atoms. The lowest BCUT2D eigenvalue weighted by molar-refractivity contribution is -0.276. The van der Waals surface area contributed by atoms with Crippen molar-refractivity contribution in [3.8, 4) is 11.5 Å². The standard InChI is InChI=1S/C11H8F6O3/c12-10(13,14)19-8-4-3-7(2-1-5-18)9(6-8)20-11(15,16)17/h3-6H,1-2H2. The third-order valence-electron chi connectivity index (χ3n) is 2.03. The second kappa shape index (κ2) is 6.02. The Balaban J connectivity index is 3.04. The van der Waals surface area contributed by atoms with Crippen molar-refractivity contribution < 1.29 is 40.6 Å². The molecule has 3 nitrogen and oxygen atoms in total. The van der Waals surface area contributed by atoms with Gasteiger partial charge in [-0.3, -0.25) is 0 Å². The van der Waals surface area contributed by atoms with Crippen LogP contribution in [0.2, 0.25) is 0 Å². The number of carbonyl (C=O) groups excluding carboxylic acids is 1. The molecule has 0 heterocycles. The average molecular weight is 302 g/mol. The first-order chi connectivity index (χ1) is 9.11. The first kappa shape index (κ1) is 16.1. The molecule has 20 heavy (non-hydrogen) atoms. The fraction of sp³-hybridized carbons (Fsp3) is 0.364. The van der Waals surface area contributed by atoms with Crippen LogP contribution in [-0.4, -0.2) is 19.0 Å². The Morgan fingerprint density at radius 2 is 1.60 bits per heavy atom. The number of ether oxygens (including phenoxy) is 2. The van der Waals surface area contributed by atoms with Crippen LogP contribution in [0.5, 0.6) is 11.5 Å². The van der Waals surface area contributed by atoms with Crippen molar-refractivity contribution in [3.63, 3.8) is 0 Å². The van der Waals surface area contributed by atoms with E-state index in [-0.39, 0.29) is 18.4 Å². The molecular weight excluding hydrogens is 294 g/mol. The van der Waals surface area contributed by atoms with Crippen molar-refractivity contribution in [3.05, 3.63) is 23.8 Å². The lowest BCUT2D eigenvalue weighted by atomic mass is 10.1. The van der Waals surface area contributed by atoms with Gasteiger partial charge in [-0.05, 0) is 18.1 Å². The van der Waals surface area contributed by atoms with Gasteiger partial charge in [-0.1, -0.05) is 6.07 Å². The number of aldehydes is 1. The molecule has 0 aliphatic rings. The van der Waals surface area contributed by atoms with Gasteiger partial charge in [-0.25, -0.2) is 0 Å². The molecule has 112 valence electrons. The molecule has 0 atom stereocenters. The van der Waals surface area contributed by atoms with Crippen LogP contribution < -0.4 is 9.47 Å². The summed E-state index contributed by atoms with van der Waals surface area (Å²) in [7, 11) is 0. The number of alkyl halides is 6. The molecule has 0 aliphatic carbocycles. The Labute approximate surface area is 109 Å². The summed E-state index contributed by atoms with van der Waals surface area (Å²) < 4.78 is 79.5. The highest BCUT2D eigenvalue weighted by molar-refractivity contribution is 5.51. The van der Waals surface area contributed by atoms with E-state index < -0.39 is 24.2 Å². The molecular formula is C11H8F6O3. The van der Waals surface area contributed by atoms with E-state index >= 15 is 0 Å². The van der Waals surface area contributed by atoms with Crippen LogP contribution >= 0.6 is 0 Å². The first-order valence-electron chi connectivity index (χ1n) is 5.19. The number of carbonyl (C=O) groups is 1. The van der Waals surface area contributed by atoms with E-state index in [0.717, 1.165) is 12.1 Å². The zero-order valence-corrected chi connectivity index (χ0v) is 9.72. The Hall–Kier alpha value is -1.93. The Kier molecular flexibility index (Phi) is 4.85. The molecule has 0 amide bonds. The number of aryl methyl sites for hydroxylation is 1. The van der Waals surface area contributed by atoms with Crippen LogP contribution in [0, 0.1) is 0 Å². The fourth-order valence-corrected chi connectivity index (χ4v) is 1.37. The highest BCUT2D eigenvalue weighted by Gasteiger charge is 2.34. The number of rotatable bonds is 5. The Morgan fingerprint density at radius 3 is 2.10 bits per heavy atom. The maximum Gasteiger partial charge on any atom is 0.573 e. The fourth-order valence-electron chi connectivity index (χ4n) is 1.37. The lowest BCUT2D eigenvalue weighted by Gasteiger charge is -2.15. The zero-order valence-electron chi connectivity index (χ0n) is 9.72. The second-order valence-electron chi connectivity index (χ2n) is 3.57. The number of benzene rings is 1. The van der Waals surface area contributed by atoms with E-state index in [1.54, 1.807) is 0 Å². The van der Waals surface area contributed by atoms with Crippen molar-refractivity contribution >= 4 is 6.29 Å². The normalized spacial score (nSPS) is 12.1. The molecule has 0 unspecified atom stereocenters. The molecule has 0 radical (unpaired) electrons. The van der Waals surface area contributed by atoms with Crippen LogP contribution in [0.1, 0.15) is 12.0 Å². The van der Waals surface area contributed by atoms with Crippen LogP contribution in [-0.2, 0) is 11.2 Å². The lowest BCUT2D eigenvalue weighted by Crippen LogP contribution is -2.19. The van der Waals surface area contributed by atoms with Crippen LogP contribution in [0.4, 0.5) is 26.3 Å². The van der Waals surface area contributed by atoms with E-state index in [1.165, 1.54) is 0 Å². The van der Waals surface area contributed by atoms with E-state index in [2.05, 4.69) is 9.47 Å². The van der Waals surface area contributed by atoms with E-state index in [1.807, 2.05) is 0 Å². The summed E-state index contributed by atoms with van der Waals surface area (Å²) >= 11 is 0. The monoisotopic (exact) mass is 302 g/mol. The van der Waals surface area contributed by atoms with Gasteiger partial charge < -0.3 is 14.3 Å². The van der Waals surface area contributed by atoms with Crippen molar-refractivity contribution in [1.29, 1.82) is 0 Å². The molecule has 1 aromatic carbocycles. The summed E-state index contributed by atoms with van der Waals surface area (Å²) in [6, 6.07) is 2.30. The molecule has 0 saturated carbocycles. The largest absolute Gasteiger partial charge is 0.573 e. The molecule has 1 rings (SSSR count). The van der Waals surface area contributed by atoms with Crippen molar-refractivity contribution in [2.75, 3.05) is 0 Å². The summed E-state index contributed by atoms with van der Waals surface area (Å²) in [5, 5.41) is 0. The van der Waals surface area contributed by atoms with E-state index in [9.17, 15) is 31.1 Å². The molecule has 0 aliphatic heterocycles. The molecule has 0 aromatic heterocycles. The Bertz CT molecular complexity index is 466. The van der Waals surface area contributed by atoms with Crippen LogP contribution in [0.3, 0.4) is 0 Å². The molecule has 1 aromatic rings. The number of hydrogen-bond donors (Lipinski definition) is 0. The predicted molar refractivity (Wildman–Crippen MR) is 54.2 cm³/mol. The second-order valence-corrected chi connectivity index (χ2v) is 3.57. The van der Waals surface area contributed by atoms with E-state index in [0.29, 0.717) is 12.4 Å². The van der Waals surface area contributed by atoms with Gasteiger partial charge in [0.1, 0.15) is 17.8 Å². The van der Waals surface area contributed by atoms with Gasteiger partial charge in [0.15, 0.2) is 0 Å². The molecule has 0 bridgehead atoms. The number of halogens is 6. The van der Waals surface area contributed by atoms with E-state index in [4.69, 9.17) is 0 Å². The molecule has 0 saturated heterocycles. The zero-order chi connectivity index (χ0) is 15.4. The van der Waals surface area contributed by atoms with Gasteiger partial charge in [0, 0.05) is 12.5 Å². The maximum absolute atomic E-state index is 12.2. The van der Waals surface area contributed by atoms with Crippen molar-refractivity contribution in [2.45, 2.75) is 25.6 Å². The summed E-state index contributed by atoms with van der Waals surface area (Å²) in [6.07, 6.45) is -9.81. The molecule has 0 fully saturated rings.